The van der Waals surface area contributed by atoms with E-state index in [0.29, 0.717) is 0 Å². The first-order valence-corrected chi connectivity index (χ1v) is 7.69. The van der Waals surface area contributed by atoms with Crippen molar-refractivity contribution in [2.45, 2.75) is 6.92 Å². The van der Waals surface area contributed by atoms with E-state index in [1.54, 1.807) is 6.92 Å². The summed E-state index contributed by atoms with van der Waals surface area (Å²) in [6.07, 6.45) is 0. The maximum Gasteiger partial charge on any atom is 0.341 e. The number of fused-ring (bicyclic) bond motifs is 1. The van der Waals surface area contributed by atoms with Gasteiger partial charge in [0, 0.05) is 10.8 Å². The number of esters is 2. The molecular formula is C18H20O8. The van der Waals surface area contributed by atoms with Crippen LogP contribution in [0, 0.1) is 0 Å². The molecule has 0 bridgehead atoms. The van der Waals surface area contributed by atoms with E-state index < -0.39 is 11.9 Å². The van der Waals surface area contributed by atoms with Crippen LogP contribution in [0.1, 0.15) is 27.6 Å². The number of ether oxygens (including phenoxy) is 5. The molecule has 0 spiro atoms. The highest BCUT2D eigenvalue weighted by Crippen LogP contribution is 2.48. The quantitative estimate of drug-likeness (QED) is 0.781. The molecule has 0 unspecified atom stereocenters. The third kappa shape index (κ3) is 3.05. The largest absolute Gasteiger partial charge is 0.506 e. The van der Waals surface area contributed by atoms with E-state index in [0.717, 1.165) is 0 Å². The average molecular weight is 364 g/mol. The summed E-state index contributed by atoms with van der Waals surface area (Å²) in [6, 6.07) is 2.65. The fourth-order valence-electron chi connectivity index (χ4n) is 2.68. The molecule has 8 heteroatoms. The molecule has 0 aliphatic rings. The first-order chi connectivity index (χ1) is 12.4. The molecule has 0 amide bonds. The zero-order valence-corrected chi connectivity index (χ0v) is 15.2. The molecule has 0 aliphatic heterocycles. The number of carbonyl (C=O) groups is 2. The molecule has 0 radical (unpaired) electrons. The Balaban J connectivity index is 3.04. The molecule has 0 heterocycles. The zero-order valence-electron chi connectivity index (χ0n) is 15.2. The molecule has 2 aromatic rings. The van der Waals surface area contributed by atoms with E-state index in [1.807, 2.05) is 0 Å². The van der Waals surface area contributed by atoms with Crippen LogP contribution in [0.3, 0.4) is 0 Å². The van der Waals surface area contributed by atoms with Crippen molar-refractivity contribution < 1.29 is 38.4 Å². The number of aromatic hydroxyl groups is 1. The Kier molecular flexibility index (Phi) is 5.76. The van der Waals surface area contributed by atoms with Gasteiger partial charge in [0.25, 0.3) is 0 Å². The number of carbonyl (C=O) groups excluding carboxylic acids is 2. The summed E-state index contributed by atoms with van der Waals surface area (Å²) in [6.45, 7) is 1.78. The summed E-state index contributed by atoms with van der Waals surface area (Å²) >= 11 is 0. The molecule has 26 heavy (non-hydrogen) atoms. The van der Waals surface area contributed by atoms with Crippen LogP contribution in [0.15, 0.2) is 12.1 Å². The van der Waals surface area contributed by atoms with Crippen molar-refractivity contribution in [3.8, 4) is 23.0 Å². The minimum atomic E-state index is -0.802. The molecule has 0 saturated carbocycles. The summed E-state index contributed by atoms with van der Waals surface area (Å²) in [4.78, 5) is 24.5. The first kappa shape index (κ1) is 19.2. The summed E-state index contributed by atoms with van der Waals surface area (Å²) < 4.78 is 25.7. The summed E-state index contributed by atoms with van der Waals surface area (Å²) in [7, 11) is 5.39. The standard InChI is InChI=1S/C18H20O8/c1-6-26-18(21)10-7-11(17(20)25-5)14(19)9-8-12(22-2)15(23-3)16(24-4)13(9)10/h7-8,19H,6H2,1-5H3. The molecule has 8 nitrogen and oxygen atoms in total. The van der Waals surface area contributed by atoms with Gasteiger partial charge in [-0.05, 0) is 19.1 Å². The van der Waals surface area contributed by atoms with Gasteiger partial charge in [-0.1, -0.05) is 0 Å². The van der Waals surface area contributed by atoms with Gasteiger partial charge in [0.1, 0.15) is 11.3 Å². The summed E-state index contributed by atoms with van der Waals surface area (Å²) in [5.74, 6) is -1.21. The number of benzene rings is 2. The SMILES string of the molecule is CCOC(=O)c1cc(C(=O)OC)c(O)c2cc(OC)c(OC)c(OC)c12. The van der Waals surface area contributed by atoms with E-state index >= 15 is 0 Å². The molecule has 0 saturated heterocycles. The van der Waals surface area contributed by atoms with Crippen molar-refractivity contribution in [2.24, 2.45) is 0 Å². The predicted octanol–water partition coefficient (Wildman–Crippen LogP) is 2.53. The van der Waals surface area contributed by atoms with Crippen LogP contribution in [0.25, 0.3) is 10.8 Å². The van der Waals surface area contributed by atoms with Gasteiger partial charge in [0.2, 0.25) is 5.75 Å². The number of phenols is 1. The van der Waals surface area contributed by atoms with Crippen LogP contribution >= 0.6 is 0 Å². The lowest BCUT2D eigenvalue weighted by molar-refractivity contribution is 0.0528. The molecule has 0 fully saturated rings. The van der Waals surface area contributed by atoms with Gasteiger partial charge < -0.3 is 28.8 Å². The molecule has 2 aromatic carbocycles. The fourth-order valence-corrected chi connectivity index (χ4v) is 2.68. The lowest BCUT2D eigenvalue weighted by Gasteiger charge is -2.18. The van der Waals surface area contributed by atoms with Gasteiger partial charge in [-0.15, -0.1) is 0 Å². The van der Waals surface area contributed by atoms with Crippen LogP contribution in [0.2, 0.25) is 0 Å². The third-order valence-corrected chi connectivity index (χ3v) is 3.80. The van der Waals surface area contributed by atoms with Crippen LogP contribution in [-0.4, -0.2) is 52.1 Å². The van der Waals surface area contributed by atoms with E-state index in [-0.39, 0.29) is 51.5 Å². The highest BCUT2D eigenvalue weighted by Gasteiger charge is 2.27. The minimum absolute atomic E-state index is 0.0258. The molecule has 1 N–H and O–H groups in total. The summed E-state index contributed by atoms with van der Waals surface area (Å²) in [5, 5.41) is 11.0. The minimum Gasteiger partial charge on any atom is -0.506 e. The topological polar surface area (TPSA) is 101 Å². The number of methoxy groups -OCH3 is 4. The summed E-state index contributed by atoms with van der Waals surface area (Å²) in [5.41, 5.74) is -0.157. The fraction of sp³-hybridized carbons (Fsp3) is 0.333. The van der Waals surface area contributed by atoms with Crippen molar-refractivity contribution in [3.05, 3.63) is 23.3 Å². The smallest absolute Gasteiger partial charge is 0.341 e. The molecule has 2 rings (SSSR count). The molecule has 0 aliphatic carbocycles. The van der Waals surface area contributed by atoms with Crippen LogP contribution in [0.5, 0.6) is 23.0 Å². The number of hydrogen-bond acceptors (Lipinski definition) is 8. The van der Waals surface area contributed by atoms with Gasteiger partial charge in [-0.2, -0.15) is 0 Å². The number of rotatable bonds is 6. The Hall–Kier alpha value is -3.16. The second-order valence-corrected chi connectivity index (χ2v) is 5.10. The Morgan fingerprint density at radius 3 is 2.08 bits per heavy atom. The van der Waals surface area contributed by atoms with Crippen molar-refractivity contribution in [1.82, 2.24) is 0 Å². The number of phenolic OH excluding ortho intramolecular Hbond substituents is 1. The first-order valence-electron chi connectivity index (χ1n) is 7.69. The van der Waals surface area contributed by atoms with Crippen molar-refractivity contribution in [2.75, 3.05) is 35.0 Å². The van der Waals surface area contributed by atoms with E-state index in [2.05, 4.69) is 4.74 Å². The van der Waals surface area contributed by atoms with Crippen molar-refractivity contribution in [3.63, 3.8) is 0 Å². The highest BCUT2D eigenvalue weighted by atomic mass is 16.5. The predicted molar refractivity (Wildman–Crippen MR) is 92.6 cm³/mol. The molecule has 0 aromatic heterocycles. The monoisotopic (exact) mass is 364 g/mol. The third-order valence-electron chi connectivity index (χ3n) is 3.80. The lowest BCUT2D eigenvalue weighted by atomic mass is 9.97. The van der Waals surface area contributed by atoms with E-state index in [4.69, 9.17) is 18.9 Å². The number of hydrogen-bond donors (Lipinski definition) is 1. The Labute approximate surface area is 150 Å². The van der Waals surface area contributed by atoms with Crippen LogP contribution in [-0.2, 0) is 9.47 Å². The second kappa shape index (κ2) is 7.81. The van der Waals surface area contributed by atoms with Crippen molar-refractivity contribution >= 4 is 22.7 Å². The Morgan fingerprint density at radius 2 is 1.58 bits per heavy atom. The van der Waals surface area contributed by atoms with E-state index in [9.17, 15) is 14.7 Å². The maximum atomic E-state index is 12.5. The van der Waals surface area contributed by atoms with Crippen molar-refractivity contribution in [1.29, 1.82) is 0 Å². The second-order valence-electron chi connectivity index (χ2n) is 5.10. The Bertz CT molecular complexity index is 856. The average Bonchev–Trinajstić information content (AvgIpc) is 2.66. The maximum absolute atomic E-state index is 12.5. The lowest BCUT2D eigenvalue weighted by Crippen LogP contribution is -2.10. The van der Waals surface area contributed by atoms with Crippen LogP contribution < -0.4 is 14.2 Å². The zero-order chi connectivity index (χ0) is 19.4. The van der Waals surface area contributed by atoms with Crippen LogP contribution in [0.4, 0.5) is 0 Å². The normalized spacial score (nSPS) is 10.3. The van der Waals surface area contributed by atoms with Gasteiger partial charge in [-0.25, -0.2) is 9.59 Å². The highest BCUT2D eigenvalue weighted by molar-refractivity contribution is 6.14. The van der Waals surface area contributed by atoms with Gasteiger partial charge in [-0.3, -0.25) is 0 Å². The van der Waals surface area contributed by atoms with Gasteiger partial charge in [0.15, 0.2) is 11.5 Å². The molecule has 140 valence electrons. The molecule has 0 atom stereocenters. The van der Waals surface area contributed by atoms with Gasteiger partial charge in [0.05, 0.1) is 40.6 Å². The van der Waals surface area contributed by atoms with Gasteiger partial charge >= 0.3 is 11.9 Å². The Morgan fingerprint density at radius 1 is 0.923 bits per heavy atom. The van der Waals surface area contributed by atoms with E-state index in [1.165, 1.54) is 40.6 Å². The molecular weight excluding hydrogens is 344 g/mol.